The first-order chi connectivity index (χ1) is 17.4. The lowest BCUT2D eigenvalue weighted by Crippen LogP contribution is -2.11. The monoisotopic (exact) mass is 479 g/mol. The summed E-state index contributed by atoms with van der Waals surface area (Å²) in [7, 11) is 0. The summed E-state index contributed by atoms with van der Waals surface area (Å²) >= 11 is 0. The van der Waals surface area contributed by atoms with Crippen LogP contribution in [0.1, 0.15) is 22.8 Å². The number of hydrogen-bond acceptors (Lipinski definition) is 4. The summed E-state index contributed by atoms with van der Waals surface area (Å²) in [6.45, 7) is 2.05. The van der Waals surface area contributed by atoms with Gasteiger partial charge in [-0.3, -0.25) is 9.59 Å². The molecule has 6 heteroatoms. The maximum Gasteiger partial charge on any atom is 0.255 e. The van der Waals surface area contributed by atoms with Crippen LogP contribution in [0.2, 0.25) is 0 Å². The Morgan fingerprint density at radius 2 is 1.61 bits per heavy atom. The topological polar surface area (TPSA) is 79.5 Å². The number of fused-ring (bicyclic) bond motifs is 1. The first-order valence-corrected chi connectivity index (χ1v) is 11.5. The summed E-state index contributed by atoms with van der Waals surface area (Å²) in [5.41, 5.74) is 3.77. The second kappa shape index (κ2) is 9.50. The molecule has 36 heavy (non-hydrogen) atoms. The number of rotatable bonds is 5. The van der Waals surface area contributed by atoms with Crippen LogP contribution in [0, 0.1) is 5.82 Å². The maximum absolute atomic E-state index is 13.3. The molecule has 0 saturated heterocycles. The van der Waals surface area contributed by atoms with E-state index in [1.165, 1.54) is 12.1 Å². The zero-order valence-electron chi connectivity index (χ0n) is 19.4. The highest BCUT2D eigenvalue weighted by Gasteiger charge is 2.17. The molecule has 0 spiro atoms. The molecule has 0 aliphatic carbocycles. The highest BCUT2D eigenvalue weighted by Crippen LogP contribution is 2.33. The first-order valence-electron chi connectivity index (χ1n) is 11.5. The fraction of sp³-hybridized carbons (Fsp3) is 0.0667. The summed E-state index contributed by atoms with van der Waals surface area (Å²) in [4.78, 5) is 25.6. The van der Waals surface area contributed by atoms with Gasteiger partial charge in [0.1, 0.15) is 11.4 Å². The molecule has 1 amide bonds. The van der Waals surface area contributed by atoms with Crippen molar-refractivity contribution in [3.8, 4) is 28.2 Å². The van der Waals surface area contributed by atoms with Crippen molar-refractivity contribution in [1.29, 1.82) is 0 Å². The summed E-state index contributed by atoms with van der Waals surface area (Å²) in [5, 5.41) is 13.7. The quantitative estimate of drug-likeness (QED) is 0.291. The van der Waals surface area contributed by atoms with Crippen molar-refractivity contribution in [2.24, 2.45) is 0 Å². The van der Waals surface area contributed by atoms with Crippen LogP contribution >= 0.6 is 0 Å². The molecule has 5 aromatic rings. The van der Waals surface area contributed by atoms with E-state index < -0.39 is 11.2 Å². The third kappa shape index (κ3) is 4.49. The Morgan fingerprint density at radius 3 is 2.33 bits per heavy atom. The van der Waals surface area contributed by atoms with E-state index in [-0.39, 0.29) is 28.5 Å². The van der Waals surface area contributed by atoms with Crippen LogP contribution in [-0.2, 0) is 6.42 Å². The van der Waals surface area contributed by atoms with Gasteiger partial charge in [0.2, 0.25) is 11.2 Å². The molecule has 1 aromatic heterocycles. The second-order valence-corrected chi connectivity index (χ2v) is 8.41. The molecule has 1 heterocycles. The van der Waals surface area contributed by atoms with Crippen molar-refractivity contribution in [3.05, 3.63) is 118 Å². The van der Waals surface area contributed by atoms with E-state index in [9.17, 15) is 19.1 Å². The Morgan fingerprint density at radius 1 is 0.889 bits per heavy atom. The lowest BCUT2D eigenvalue weighted by atomic mass is 10.0. The molecular formula is C30H22FNO4. The van der Waals surface area contributed by atoms with Gasteiger partial charge in [0.15, 0.2) is 5.76 Å². The summed E-state index contributed by atoms with van der Waals surface area (Å²) in [6.07, 6.45) is 0.885. The fourth-order valence-electron chi connectivity index (χ4n) is 4.03. The molecule has 178 valence electrons. The molecule has 0 aliphatic rings. The number of nitrogens with one attached hydrogen (secondary N) is 1. The maximum atomic E-state index is 13.3. The molecule has 4 aromatic carbocycles. The van der Waals surface area contributed by atoms with Crippen LogP contribution in [0.25, 0.3) is 33.4 Å². The molecular weight excluding hydrogens is 457 g/mol. The largest absolute Gasteiger partial charge is 0.502 e. The first kappa shape index (κ1) is 23.1. The standard InChI is InChI=1S/C30H22FNO4/c1-2-18-6-8-20(9-7-18)30(35)32-24-5-3-4-22(16-24)29-28(34)27(33)25-15-12-21(17-26(25)36-29)19-10-13-23(31)14-11-19/h3-17,34H,2H2,1H3,(H,32,35). The Hall–Kier alpha value is -4.71. The number of hydrogen-bond donors (Lipinski definition) is 2. The summed E-state index contributed by atoms with van der Waals surface area (Å²) < 4.78 is 19.3. The van der Waals surface area contributed by atoms with Crippen LogP contribution < -0.4 is 10.7 Å². The van der Waals surface area contributed by atoms with Gasteiger partial charge in [0.05, 0.1) is 5.39 Å². The zero-order valence-corrected chi connectivity index (χ0v) is 19.4. The van der Waals surface area contributed by atoms with Crippen molar-refractivity contribution >= 4 is 22.6 Å². The van der Waals surface area contributed by atoms with E-state index in [2.05, 4.69) is 5.32 Å². The predicted octanol–water partition coefficient (Wildman–Crippen LogP) is 6.79. The van der Waals surface area contributed by atoms with Gasteiger partial charge in [-0.15, -0.1) is 0 Å². The Bertz CT molecular complexity index is 1640. The van der Waals surface area contributed by atoms with E-state index in [0.29, 0.717) is 16.8 Å². The fourth-order valence-corrected chi connectivity index (χ4v) is 4.03. The molecule has 0 fully saturated rings. The van der Waals surface area contributed by atoms with Gasteiger partial charge in [0, 0.05) is 16.8 Å². The normalized spacial score (nSPS) is 10.9. The van der Waals surface area contributed by atoms with Gasteiger partial charge in [-0.25, -0.2) is 4.39 Å². The van der Waals surface area contributed by atoms with Crippen molar-refractivity contribution in [2.75, 3.05) is 5.32 Å². The minimum atomic E-state index is -0.567. The summed E-state index contributed by atoms with van der Waals surface area (Å²) in [6, 6.07) is 25.0. The molecule has 0 radical (unpaired) electrons. The Balaban J connectivity index is 1.50. The average molecular weight is 480 g/mol. The van der Waals surface area contributed by atoms with Crippen molar-refractivity contribution in [2.45, 2.75) is 13.3 Å². The van der Waals surface area contributed by atoms with Crippen LogP contribution in [0.3, 0.4) is 0 Å². The minimum Gasteiger partial charge on any atom is -0.502 e. The Labute approximate surface area is 206 Å². The minimum absolute atomic E-state index is 0.00726. The molecule has 5 nitrogen and oxygen atoms in total. The van der Waals surface area contributed by atoms with Gasteiger partial charge in [-0.1, -0.05) is 49.4 Å². The third-order valence-corrected chi connectivity index (χ3v) is 6.05. The van der Waals surface area contributed by atoms with Gasteiger partial charge >= 0.3 is 0 Å². The van der Waals surface area contributed by atoms with Crippen LogP contribution in [0.5, 0.6) is 5.75 Å². The van der Waals surface area contributed by atoms with Gasteiger partial charge < -0.3 is 14.8 Å². The van der Waals surface area contributed by atoms with E-state index in [0.717, 1.165) is 23.1 Å². The van der Waals surface area contributed by atoms with Gasteiger partial charge in [-0.2, -0.15) is 0 Å². The molecule has 2 N–H and O–H groups in total. The number of aromatic hydroxyl groups is 1. The number of halogens is 1. The zero-order chi connectivity index (χ0) is 25.2. The van der Waals surface area contributed by atoms with Crippen molar-refractivity contribution in [1.82, 2.24) is 0 Å². The number of carbonyl (C=O) groups is 1. The highest BCUT2D eigenvalue weighted by molar-refractivity contribution is 6.04. The molecule has 0 bridgehead atoms. The van der Waals surface area contributed by atoms with Crippen LogP contribution in [-0.4, -0.2) is 11.0 Å². The van der Waals surface area contributed by atoms with Crippen LogP contribution in [0.4, 0.5) is 10.1 Å². The highest BCUT2D eigenvalue weighted by atomic mass is 19.1. The van der Waals surface area contributed by atoms with E-state index in [1.54, 1.807) is 66.7 Å². The predicted molar refractivity (Wildman–Crippen MR) is 139 cm³/mol. The summed E-state index contributed by atoms with van der Waals surface area (Å²) in [5.74, 6) is -1.14. The Kier molecular flexibility index (Phi) is 6.09. The molecule has 0 saturated carbocycles. The third-order valence-electron chi connectivity index (χ3n) is 6.05. The molecule has 0 atom stereocenters. The van der Waals surface area contributed by atoms with Gasteiger partial charge in [-0.05, 0) is 71.6 Å². The molecule has 0 unspecified atom stereocenters. The smallest absolute Gasteiger partial charge is 0.255 e. The van der Waals surface area contributed by atoms with E-state index >= 15 is 0 Å². The van der Waals surface area contributed by atoms with Crippen molar-refractivity contribution < 1.29 is 18.7 Å². The number of amides is 1. The average Bonchev–Trinajstić information content (AvgIpc) is 2.91. The number of carbonyl (C=O) groups excluding carboxylic acids is 1. The second-order valence-electron chi connectivity index (χ2n) is 8.41. The number of aryl methyl sites for hydroxylation is 1. The van der Waals surface area contributed by atoms with E-state index in [1.807, 2.05) is 19.1 Å². The lowest BCUT2D eigenvalue weighted by molar-refractivity contribution is 0.102. The number of anilines is 1. The molecule has 5 rings (SSSR count). The van der Waals surface area contributed by atoms with Crippen LogP contribution in [0.15, 0.2) is 100 Å². The SMILES string of the molecule is CCc1ccc(C(=O)Nc2cccc(-c3oc4cc(-c5ccc(F)cc5)ccc4c(=O)c3O)c2)cc1. The van der Waals surface area contributed by atoms with Crippen molar-refractivity contribution in [3.63, 3.8) is 0 Å². The van der Waals surface area contributed by atoms with E-state index in [4.69, 9.17) is 4.42 Å². The lowest BCUT2D eigenvalue weighted by Gasteiger charge is -2.10. The number of benzene rings is 4. The molecule has 0 aliphatic heterocycles. The van der Waals surface area contributed by atoms with Gasteiger partial charge in [0.25, 0.3) is 5.91 Å².